The molecule has 0 aliphatic carbocycles. The normalized spacial score (nSPS) is 21.7. The number of ether oxygens (including phenoxy) is 1. The predicted molar refractivity (Wildman–Crippen MR) is 107 cm³/mol. The minimum absolute atomic E-state index is 0.0323. The molecule has 2 amide bonds. The number of benzene rings is 1. The molecule has 1 heterocycles. The van der Waals surface area contributed by atoms with Crippen LogP contribution in [0.3, 0.4) is 0 Å². The summed E-state index contributed by atoms with van der Waals surface area (Å²) >= 11 is 0. The SMILES string of the molecule is C[C@@H](NC(=O)[C@@H]1CC[C@H](C(C)(C)C)N1C(=O)OC(C)(C)C)c1ccccc1. The van der Waals surface area contributed by atoms with Gasteiger partial charge < -0.3 is 10.1 Å². The van der Waals surface area contributed by atoms with Crippen LogP contribution in [0.4, 0.5) is 4.79 Å². The smallest absolute Gasteiger partial charge is 0.411 e. The Labute approximate surface area is 163 Å². The fourth-order valence-electron chi connectivity index (χ4n) is 3.62. The molecular weight excluding hydrogens is 340 g/mol. The second-order valence-electron chi connectivity index (χ2n) is 9.50. The average Bonchev–Trinajstić information content (AvgIpc) is 2.99. The maximum absolute atomic E-state index is 13.0. The van der Waals surface area contributed by atoms with Crippen molar-refractivity contribution in [1.29, 1.82) is 0 Å². The number of likely N-dealkylation sites (tertiary alicyclic amines) is 1. The fourth-order valence-corrected chi connectivity index (χ4v) is 3.62. The molecule has 2 rings (SSSR count). The van der Waals surface area contributed by atoms with Gasteiger partial charge in [0.2, 0.25) is 5.91 Å². The van der Waals surface area contributed by atoms with E-state index in [1.165, 1.54) is 0 Å². The Hall–Kier alpha value is -2.04. The third-order valence-electron chi connectivity index (χ3n) is 4.95. The topological polar surface area (TPSA) is 58.6 Å². The number of amides is 2. The van der Waals surface area contributed by atoms with E-state index in [1.807, 2.05) is 58.0 Å². The minimum atomic E-state index is -0.597. The summed E-state index contributed by atoms with van der Waals surface area (Å²) in [5, 5.41) is 3.07. The van der Waals surface area contributed by atoms with Crippen LogP contribution in [-0.4, -0.2) is 34.6 Å². The van der Waals surface area contributed by atoms with Crippen LogP contribution in [-0.2, 0) is 9.53 Å². The van der Waals surface area contributed by atoms with E-state index >= 15 is 0 Å². The first-order valence-corrected chi connectivity index (χ1v) is 9.77. The molecule has 1 aromatic carbocycles. The zero-order chi connectivity index (χ0) is 20.4. The maximum atomic E-state index is 13.0. The Kier molecular flexibility index (Phi) is 6.23. The second kappa shape index (κ2) is 7.91. The molecule has 1 fully saturated rings. The summed E-state index contributed by atoms with van der Waals surface area (Å²) in [6.07, 6.45) is 1.03. The van der Waals surface area contributed by atoms with Gasteiger partial charge in [0.05, 0.1) is 6.04 Å². The maximum Gasteiger partial charge on any atom is 0.411 e. The average molecular weight is 375 g/mol. The number of rotatable bonds is 3. The van der Waals surface area contributed by atoms with E-state index in [-0.39, 0.29) is 23.4 Å². The number of carbonyl (C=O) groups is 2. The summed E-state index contributed by atoms with van der Waals surface area (Å²) in [7, 11) is 0. The molecule has 0 unspecified atom stereocenters. The number of carbonyl (C=O) groups excluding carboxylic acids is 2. The van der Waals surface area contributed by atoms with Crippen LogP contribution in [0.2, 0.25) is 0 Å². The monoisotopic (exact) mass is 374 g/mol. The molecule has 0 bridgehead atoms. The van der Waals surface area contributed by atoms with Gasteiger partial charge in [0.1, 0.15) is 11.6 Å². The van der Waals surface area contributed by atoms with Crippen molar-refractivity contribution in [3.8, 4) is 0 Å². The fraction of sp³-hybridized carbons (Fsp3) is 0.636. The van der Waals surface area contributed by atoms with Crippen LogP contribution >= 0.6 is 0 Å². The zero-order valence-electron chi connectivity index (χ0n) is 17.7. The summed E-state index contributed by atoms with van der Waals surface area (Å²) in [5.74, 6) is -0.121. The van der Waals surface area contributed by atoms with Crippen LogP contribution in [0.1, 0.15) is 72.9 Å². The molecule has 1 saturated heterocycles. The van der Waals surface area contributed by atoms with Crippen molar-refractivity contribution in [2.24, 2.45) is 5.41 Å². The van der Waals surface area contributed by atoms with Gasteiger partial charge in [-0.05, 0) is 51.5 Å². The van der Waals surface area contributed by atoms with E-state index in [0.717, 1.165) is 12.0 Å². The van der Waals surface area contributed by atoms with Gasteiger partial charge in [0.25, 0.3) is 0 Å². The van der Waals surface area contributed by atoms with E-state index in [1.54, 1.807) is 4.90 Å². The third-order valence-corrected chi connectivity index (χ3v) is 4.95. The lowest BCUT2D eigenvalue weighted by Gasteiger charge is -2.38. The number of hydrogen-bond donors (Lipinski definition) is 1. The predicted octanol–water partition coefficient (Wildman–Crippen LogP) is 4.68. The molecule has 1 aromatic rings. The Morgan fingerprint density at radius 2 is 1.67 bits per heavy atom. The molecule has 27 heavy (non-hydrogen) atoms. The van der Waals surface area contributed by atoms with Crippen LogP contribution in [0.5, 0.6) is 0 Å². The van der Waals surface area contributed by atoms with Crippen molar-refractivity contribution in [1.82, 2.24) is 10.2 Å². The molecule has 1 aliphatic heterocycles. The summed E-state index contributed by atoms with van der Waals surface area (Å²) in [6.45, 7) is 13.8. The Morgan fingerprint density at radius 3 is 2.19 bits per heavy atom. The van der Waals surface area contributed by atoms with E-state index in [2.05, 4.69) is 26.1 Å². The van der Waals surface area contributed by atoms with Crippen molar-refractivity contribution in [3.63, 3.8) is 0 Å². The van der Waals surface area contributed by atoms with Crippen LogP contribution < -0.4 is 5.32 Å². The highest BCUT2D eigenvalue weighted by Gasteiger charge is 2.47. The zero-order valence-corrected chi connectivity index (χ0v) is 17.7. The lowest BCUT2D eigenvalue weighted by Crippen LogP contribution is -2.53. The molecule has 5 nitrogen and oxygen atoms in total. The summed E-state index contributed by atoms with van der Waals surface area (Å²) in [5.41, 5.74) is 0.317. The first-order chi connectivity index (χ1) is 12.4. The molecule has 0 saturated carbocycles. The van der Waals surface area contributed by atoms with Crippen molar-refractivity contribution in [3.05, 3.63) is 35.9 Å². The third kappa shape index (κ3) is 5.47. The first-order valence-electron chi connectivity index (χ1n) is 9.77. The summed E-state index contributed by atoms with van der Waals surface area (Å²) in [4.78, 5) is 27.6. The quantitative estimate of drug-likeness (QED) is 0.836. The Balaban J connectivity index is 2.19. The van der Waals surface area contributed by atoms with Crippen molar-refractivity contribution < 1.29 is 14.3 Å². The standard InChI is InChI=1S/C22H34N2O3/c1-15(16-11-9-8-10-12-16)23-19(25)17-13-14-18(21(2,3)4)24(17)20(26)27-22(5,6)7/h8-12,15,17-18H,13-14H2,1-7H3,(H,23,25)/t15-,17+,18-/m1/s1. The molecule has 0 spiro atoms. The van der Waals surface area contributed by atoms with Gasteiger partial charge in [-0.25, -0.2) is 4.79 Å². The van der Waals surface area contributed by atoms with Crippen LogP contribution in [0, 0.1) is 5.41 Å². The minimum Gasteiger partial charge on any atom is -0.444 e. The lowest BCUT2D eigenvalue weighted by molar-refractivity contribution is -0.127. The van der Waals surface area contributed by atoms with Crippen molar-refractivity contribution in [2.75, 3.05) is 0 Å². The highest BCUT2D eigenvalue weighted by molar-refractivity contribution is 5.87. The molecule has 0 aromatic heterocycles. The van der Waals surface area contributed by atoms with Gasteiger partial charge in [0, 0.05) is 6.04 Å². The number of nitrogens with one attached hydrogen (secondary N) is 1. The Morgan fingerprint density at radius 1 is 1.07 bits per heavy atom. The molecule has 1 aliphatic rings. The molecule has 0 radical (unpaired) electrons. The van der Waals surface area contributed by atoms with E-state index in [0.29, 0.717) is 6.42 Å². The van der Waals surface area contributed by atoms with Gasteiger partial charge in [-0.3, -0.25) is 9.69 Å². The van der Waals surface area contributed by atoms with Gasteiger partial charge in [-0.1, -0.05) is 51.1 Å². The lowest BCUT2D eigenvalue weighted by atomic mass is 9.85. The summed E-state index contributed by atoms with van der Waals surface area (Å²) in [6, 6.07) is 9.18. The van der Waals surface area contributed by atoms with Crippen LogP contribution in [0.15, 0.2) is 30.3 Å². The van der Waals surface area contributed by atoms with Gasteiger partial charge >= 0.3 is 6.09 Å². The summed E-state index contributed by atoms with van der Waals surface area (Å²) < 4.78 is 5.62. The molecule has 1 N–H and O–H groups in total. The largest absolute Gasteiger partial charge is 0.444 e. The van der Waals surface area contributed by atoms with E-state index in [9.17, 15) is 9.59 Å². The number of nitrogens with zero attached hydrogens (tertiary/aromatic N) is 1. The van der Waals surface area contributed by atoms with Gasteiger partial charge in [-0.2, -0.15) is 0 Å². The van der Waals surface area contributed by atoms with E-state index < -0.39 is 17.7 Å². The molecule has 5 heteroatoms. The first kappa shape index (κ1) is 21.3. The molecule has 3 atom stereocenters. The number of hydrogen-bond acceptors (Lipinski definition) is 3. The van der Waals surface area contributed by atoms with Crippen molar-refractivity contribution >= 4 is 12.0 Å². The Bertz CT molecular complexity index is 658. The molecule has 150 valence electrons. The molecular formula is C22H34N2O3. The van der Waals surface area contributed by atoms with E-state index in [4.69, 9.17) is 4.74 Å². The van der Waals surface area contributed by atoms with Crippen molar-refractivity contribution in [2.45, 2.75) is 85.0 Å². The van der Waals surface area contributed by atoms with Crippen LogP contribution in [0.25, 0.3) is 0 Å². The van der Waals surface area contributed by atoms with Gasteiger partial charge in [0.15, 0.2) is 0 Å². The second-order valence-corrected chi connectivity index (χ2v) is 9.50. The van der Waals surface area contributed by atoms with Gasteiger partial charge in [-0.15, -0.1) is 0 Å². The highest BCUT2D eigenvalue weighted by atomic mass is 16.6. The highest BCUT2D eigenvalue weighted by Crippen LogP contribution is 2.37.